The number of rotatable bonds is 6. The van der Waals surface area contributed by atoms with Crippen molar-refractivity contribution in [2.75, 3.05) is 6.54 Å². The molecule has 66 valence electrons. The van der Waals surface area contributed by atoms with Gasteiger partial charge in [0.25, 0.3) is 0 Å². The van der Waals surface area contributed by atoms with E-state index < -0.39 is 0 Å². The average molecular weight is 272 g/mol. The molecule has 1 amide bonds. The summed E-state index contributed by atoms with van der Waals surface area (Å²) in [5.74, 6) is 2.65. The number of carbonyl (C=O) groups excluding carboxylic acids is 1. The van der Waals surface area contributed by atoms with Crippen LogP contribution in [-0.2, 0) is 4.79 Å². The summed E-state index contributed by atoms with van der Waals surface area (Å²) in [6.45, 7) is 2.83. The topological polar surface area (TPSA) is 29.1 Å². The van der Waals surface area contributed by atoms with Crippen LogP contribution in [0.3, 0.4) is 0 Å². The molecule has 0 aliphatic heterocycles. The van der Waals surface area contributed by atoms with Crippen molar-refractivity contribution in [3.8, 4) is 12.3 Å². The third-order valence-corrected chi connectivity index (χ3v) is 4.52. The minimum atomic E-state index is -0.192. The van der Waals surface area contributed by atoms with Crippen molar-refractivity contribution in [1.82, 2.24) is 5.32 Å². The van der Waals surface area contributed by atoms with Crippen molar-refractivity contribution >= 4 is 27.0 Å². The molecule has 0 aromatic heterocycles. The summed E-state index contributed by atoms with van der Waals surface area (Å²) in [4.78, 5) is 11.0. The molecule has 0 saturated carbocycles. The van der Waals surface area contributed by atoms with E-state index in [9.17, 15) is 4.79 Å². The number of carbonyl (C=O) groups is 1. The molecule has 0 aromatic carbocycles. The van der Waals surface area contributed by atoms with Gasteiger partial charge in [-0.3, -0.25) is 0 Å². The molecule has 3 heteroatoms. The first-order valence-corrected chi connectivity index (χ1v) is 8.25. The van der Waals surface area contributed by atoms with Gasteiger partial charge in [-0.15, -0.1) is 0 Å². The monoisotopic (exact) mass is 273 g/mol. The summed E-state index contributed by atoms with van der Waals surface area (Å²) in [6.07, 6.45) is 6.39. The Kier molecular flexibility index (Phi) is 8.79. The molecule has 0 spiro atoms. The molecule has 2 radical (unpaired) electrons. The Morgan fingerprint density at radius 1 is 1.67 bits per heavy atom. The Balaban J connectivity index is 3.17. The number of terminal acetylenes is 1. The van der Waals surface area contributed by atoms with Crippen LogP contribution < -0.4 is 5.32 Å². The summed E-state index contributed by atoms with van der Waals surface area (Å²) in [6, 6.07) is 0. The number of amides is 1. The van der Waals surface area contributed by atoms with Gasteiger partial charge in [-0.05, 0) is 0 Å². The van der Waals surface area contributed by atoms with E-state index in [0.29, 0.717) is 19.4 Å². The van der Waals surface area contributed by atoms with Crippen molar-refractivity contribution in [2.24, 2.45) is 0 Å². The zero-order valence-electron chi connectivity index (χ0n) is 7.52. The molecule has 0 atom stereocenters. The van der Waals surface area contributed by atoms with E-state index in [1.165, 1.54) is 4.44 Å². The van der Waals surface area contributed by atoms with Crippen molar-refractivity contribution in [3.05, 3.63) is 0 Å². The molecule has 0 bridgehead atoms. The summed E-state index contributed by atoms with van der Waals surface area (Å²) in [7, 11) is 0. The van der Waals surface area contributed by atoms with Crippen molar-refractivity contribution < 1.29 is 4.79 Å². The van der Waals surface area contributed by atoms with Crippen LogP contribution in [0.25, 0.3) is 0 Å². The average Bonchev–Trinajstić information content (AvgIpc) is 2.06. The maximum absolute atomic E-state index is 11.0. The molecule has 0 aliphatic carbocycles. The van der Waals surface area contributed by atoms with Gasteiger partial charge < -0.3 is 0 Å². The fourth-order valence-electron chi connectivity index (χ4n) is 0.741. The minimum absolute atomic E-state index is 0.166. The Hall–Kier alpha value is -0.171. The van der Waals surface area contributed by atoms with Crippen LogP contribution in [0.1, 0.15) is 19.8 Å². The number of hydrogen-bond donors (Lipinski definition) is 1. The molecule has 1 N–H and O–H groups in total. The van der Waals surface area contributed by atoms with Gasteiger partial charge >= 0.3 is 84.7 Å². The molecule has 12 heavy (non-hydrogen) atoms. The second-order valence-corrected chi connectivity index (χ2v) is 7.28. The van der Waals surface area contributed by atoms with E-state index in [1.54, 1.807) is 0 Å². The van der Waals surface area contributed by atoms with Crippen LogP contribution >= 0.6 is 0 Å². The standard InChI is InChI=1S/C7H10NO.C2H5.Sn/c1-3-5-6-8-7(9)4-2;1-2;/h1H,2,4-6H2,(H,8,9);1H2,2H3;. The van der Waals surface area contributed by atoms with E-state index >= 15 is 0 Å². The van der Waals surface area contributed by atoms with Crippen molar-refractivity contribution in [3.63, 3.8) is 0 Å². The molecule has 2 nitrogen and oxygen atoms in total. The molecule has 0 heterocycles. The van der Waals surface area contributed by atoms with E-state index in [1.807, 2.05) is 0 Å². The zero-order chi connectivity index (χ0) is 9.23. The van der Waals surface area contributed by atoms with Crippen LogP contribution in [0.15, 0.2) is 0 Å². The molecule has 0 aliphatic rings. The van der Waals surface area contributed by atoms with Gasteiger partial charge in [-0.25, -0.2) is 0 Å². The van der Waals surface area contributed by atoms with E-state index in [0.717, 1.165) is 4.44 Å². The molecule has 0 fully saturated rings. The van der Waals surface area contributed by atoms with Gasteiger partial charge in [0.1, 0.15) is 0 Å². The summed E-state index contributed by atoms with van der Waals surface area (Å²) in [5, 5.41) is 2.79. The Bertz CT molecular complexity index is 162. The zero-order valence-corrected chi connectivity index (χ0v) is 10.4. The van der Waals surface area contributed by atoms with Gasteiger partial charge in [0.15, 0.2) is 0 Å². The predicted octanol–water partition coefficient (Wildman–Crippen LogP) is 1.08. The van der Waals surface area contributed by atoms with Crippen LogP contribution in [0, 0.1) is 12.3 Å². The van der Waals surface area contributed by atoms with Gasteiger partial charge in [0.2, 0.25) is 0 Å². The van der Waals surface area contributed by atoms with Crippen LogP contribution in [-0.4, -0.2) is 33.6 Å². The van der Waals surface area contributed by atoms with E-state index in [-0.39, 0.29) is 27.0 Å². The molecular weight excluding hydrogens is 257 g/mol. The van der Waals surface area contributed by atoms with Gasteiger partial charge in [0, 0.05) is 0 Å². The van der Waals surface area contributed by atoms with Gasteiger partial charge in [-0.1, -0.05) is 0 Å². The van der Waals surface area contributed by atoms with Crippen LogP contribution in [0.5, 0.6) is 0 Å². The quantitative estimate of drug-likeness (QED) is 0.437. The van der Waals surface area contributed by atoms with Crippen molar-refractivity contribution in [2.45, 2.75) is 28.6 Å². The first-order chi connectivity index (χ1) is 5.81. The number of hydrogen-bond acceptors (Lipinski definition) is 1. The molecule has 0 rings (SSSR count). The second-order valence-electron chi connectivity index (χ2n) is 2.41. The SMILES string of the molecule is C#CCCNC(=O)C[CH2][Sn][CH2]C. The Morgan fingerprint density at radius 2 is 2.42 bits per heavy atom. The Morgan fingerprint density at radius 3 is 3.00 bits per heavy atom. The first-order valence-electron chi connectivity index (χ1n) is 4.22. The normalized spacial score (nSPS) is 9.00. The van der Waals surface area contributed by atoms with Gasteiger partial charge in [0.05, 0.1) is 0 Å². The first kappa shape index (κ1) is 11.8. The van der Waals surface area contributed by atoms with E-state index in [4.69, 9.17) is 6.42 Å². The van der Waals surface area contributed by atoms with Crippen molar-refractivity contribution in [1.29, 1.82) is 0 Å². The van der Waals surface area contributed by atoms with E-state index in [2.05, 4.69) is 18.2 Å². The molecular formula is C9H15NOSn. The van der Waals surface area contributed by atoms with Crippen LogP contribution in [0.4, 0.5) is 0 Å². The molecule has 0 unspecified atom stereocenters. The second kappa shape index (κ2) is 8.92. The fraction of sp³-hybridized carbons (Fsp3) is 0.667. The third-order valence-electron chi connectivity index (χ3n) is 1.37. The number of nitrogens with one attached hydrogen (secondary N) is 1. The maximum atomic E-state index is 11.0. The van der Waals surface area contributed by atoms with Crippen LogP contribution in [0.2, 0.25) is 8.87 Å². The molecule has 0 aromatic rings. The van der Waals surface area contributed by atoms with Gasteiger partial charge in [-0.2, -0.15) is 0 Å². The predicted molar refractivity (Wildman–Crippen MR) is 52.1 cm³/mol. The summed E-state index contributed by atoms with van der Waals surface area (Å²) >= 11 is -0.192. The summed E-state index contributed by atoms with van der Waals surface area (Å²) < 4.78 is 2.47. The third kappa shape index (κ3) is 7.93. The molecule has 0 saturated heterocycles. The Labute approximate surface area is 84.7 Å². The fourth-order valence-corrected chi connectivity index (χ4v) is 2.90. The summed E-state index contributed by atoms with van der Waals surface area (Å²) in [5.41, 5.74) is 0.